The molecule has 1 aliphatic carbocycles. The summed E-state index contributed by atoms with van der Waals surface area (Å²) < 4.78 is 0. The topological polar surface area (TPSA) is 52.9 Å². The highest BCUT2D eigenvalue weighted by molar-refractivity contribution is 5.89. The van der Waals surface area contributed by atoms with Crippen LogP contribution in [0.5, 0.6) is 0 Å². The van der Waals surface area contributed by atoms with Crippen LogP contribution in [0.15, 0.2) is 5.16 Å². The summed E-state index contributed by atoms with van der Waals surface area (Å²) >= 11 is 0. The van der Waals surface area contributed by atoms with E-state index in [1.54, 1.807) is 0 Å². The molecule has 2 aliphatic rings. The molecule has 4 heteroatoms. The fourth-order valence-corrected chi connectivity index (χ4v) is 3.58. The summed E-state index contributed by atoms with van der Waals surface area (Å²) in [4.78, 5) is 14.5. The molecule has 4 nitrogen and oxygen atoms in total. The lowest BCUT2D eigenvalue weighted by Crippen LogP contribution is -2.44. The Morgan fingerprint density at radius 1 is 1.30 bits per heavy atom. The number of hydrogen-bond acceptors (Lipinski definition) is 3. The second-order valence-corrected chi connectivity index (χ2v) is 6.35. The van der Waals surface area contributed by atoms with E-state index in [1.807, 2.05) is 4.90 Å². The maximum atomic E-state index is 12.5. The maximum absolute atomic E-state index is 12.5. The van der Waals surface area contributed by atoms with Gasteiger partial charge in [-0.2, -0.15) is 0 Å². The number of piperidine rings is 1. The van der Waals surface area contributed by atoms with E-state index in [4.69, 9.17) is 5.21 Å². The van der Waals surface area contributed by atoms with Crippen LogP contribution >= 0.6 is 0 Å². The van der Waals surface area contributed by atoms with E-state index in [1.165, 1.54) is 38.5 Å². The second-order valence-electron chi connectivity index (χ2n) is 6.35. The number of hydrogen-bond donors (Lipinski definition) is 1. The molecule has 1 saturated heterocycles. The van der Waals surface area contributed by atoms with Crippen LogP contribution in [-0.2, 0) is 4.79 Å². The first kappa shape index (κ1) is 15.3. The van der Waals surface area contributed by atoms with E-state index in [0.29, 0.717) is 11.8 Å². The van der Waals surface area contributed by atoms with Crippen LogP contribution in [-0.4, -0.2) is 34.8 Å². The summed E-state index contributed by atoms with van der Waals surface area (Å²) in [6, 6.07) is 0. The van der Waals surface area contributed by atoms with Crippen molar-refractivity contribution in [2.24, 2.45) is 17.0 Å². The molecule has 0 spiro atoms. The highest BCUT2D eigenvalue weighted by Crippen LogP contribution is 2.27. The van der Waals surface area contributed by atoms with Gasteiger partial charge in [0.25, 0.3) is 0 Å². The molecule has 1 aliphatic heterocycles. The minimum Gasteiger partial charge on any atom is -0.411 e. The van der Waals surface area contributed by atoms with Crippen molar-refractivity contribution in [3.05, 3.63) is 0 Å². The van der Waals surface area contributed by atoms with E-state index in [-0.39, 0.29) is 5.92 Å². The summed E-state index contributed by atoms with van der Waals surface area (Å²) in [6.07, 6.45) is 10.1. The van der Waals surface area contributed by atoms with Crippen LogP contribution < -0.4 is 0 Å². The van der Waals surface area contributed by atoms with Gasteiger partial charge in [0.2, 0.25) is 5.91 Å². The van der Waals surface area contributed by atoms with E-state index >= 15 is 0 Å². The number of rotatable bonds is 3. The van der Waals surface area contributed by atoms with Crippen molar-refractivity contribution in [3.8, 4) is 0 Å². The SMILES string of the molecule is CCC1CN(C(=O)CC2CCCCCC2)CCC1=NO. The Labute approximate surface area is 122 Å². The molecule has 1 saturated carbocycles. The summed E-state index contributed by atoms with van der Waals surface area (Å²) in [6.45, 7) is 3.55. The van der Waals surface area contributed by atoms with Gasteiger partial charge in [0, 0.05) is 31.8 Å². The number of likely N-dealkylation sites (tertiary alicyclic amines) is 1. The highest BCUT2D eigenvalue weighted by atomic mass is 16.4. The monoisotopic (exact) mass is 280 g/mol. The van der Waals surface area contributed by atoms with Crippen LogP contribution in [0.2, 0.25) is 0 Å². The van der Waals surface area contributed by atoms with Crippen LogP contribution in [0.3, 0.4) is 0 Å². The number of oxime groups is 1. The van der Waals surface area contributed by atoms with Crippen LogP contribution in [0.4, 0.5) is 0 Å². The first-order chi connectivity index (χ1) is 9.74. The van der Waals surface area contributed by atoms with Crippen LogP contribution in [0.25, 0.3) is 0 Å². The van der Waals surface area contributed by atoms with E-state index in [2.05, 4.69) is 12.1 Å². The summed E-state index contributed by atoms with van der Waals surface area (Å²) in [5.41, 5.74) is 0.867. The zero-order valence-electron chi connectivity index (χ0n) is 12.7. The molecule has 1 amide bonds. The molecule has 1 unspecified atom stereocenters. The van der Waals surface area contributed by atoms with Crippen molar-refractivity contribution in [3.63, 3.8) is 0 Å². The minimum absolute atomic E-state index is 0.242. The smallest absolute Gasteiger partial charge is 0.222 e. The first-order valence-electron chi connectivity index (χ1n) is 8.23. The minimum atomic E-state index is 0.242. The zero-order chi connectivity index (χ0) is 14.4. The Morgan fingerprint density at radius 3 is 2.60 bits per heavy atom. The Kier molecular flexibility index (Phi) is 5.86. The van der Waals surface area contributed by atoms with Gasteiger partial charge >= 0.3 is 0 Å². The van der Waals surface area contributed by atoms with Crippen molar-refractivity contribution in [1.29, 1.82) is 0 Å². The zero-order valence-corrected chi connectivity index (χ0v) is 12.7. The van der Waals surface area contributed by atoms with Gasteiger partial charge in [0.1, 0.15) is 0 Å². The lowest BCUT2D eigenvalue weighted by Gasteiger charge is -2.33. The summed E-state index contributed by atoms with van der Waals surface area (Å²) in [5.74, 6) is 1.15. The average Bonchev–Trinajstić information content (AvgIpc) is 2.75. The Bertz CT molecular complexity index is 346. The predicted molar refractivity (Wildman–Crippen MR) is 80.0 cm³/mol. The summed E-state index contributed by atoms with van der Waals surface area (Å²) in [7, 11) is 0. The van der Waals surface area contributed by atoms with Gasteiger partial charge in [-0.25, -0.2) is 0 Å². The van der Waals surface area contributed by atoms with Gasteiger partial charge in [-0.1, -0.05) is 37.8 Å². The molecule has 1 heterocycles. The number of nitrogens with zero attached hydrogens (tertiary/aromatic N) is 2. The molecule has 0 aromatic heterocycles. The van der Waals surface area contributed by atoms with Crippen molar-refractivity contribution >= 4 is 11.6 Å². The molecule has 1 N–H and O–H groups in total. The normalized spacial score (nSPS) is 27.6. The maximum Gasteiger partial charge on any atom is 0.222 e. The molecule has 20 heavy (non-hydrogen) atoms. The molecule has 2 fully saturated rings. The van der Waals surface area contributed by atoms with Gasteiger partial charge in [-0.15, -0.1) is 0 Å². The molecule has 0 aromatic rings. The number of amides is 1. The lowest BCUT2D eigenvalue weighted by molar-refractivity contribution is -0.133. The Balaban J connectivity index is 1.86. The third-order valence-electron chi connectivity index (χ3n) is 4.96. The third kappa shape index (κ3) is 3.97. The quantitative estimate of drug-likeness (QED) is 0.489. The average molecular weight is 280 g/mol. The van der Waals surface area contributed by atoms with Gasteiger partial charge < -0.3 is 10.1 Å². The lowest BCUT2D eigenvalue weighted by atomic mass is 9.91. The van der Waals surface area contributed by atoms with Crippen molar-refractivity contribution in [2.75, 3.05) is 13.1 Å². The first-order valence-corrected chi connectivity index (χ1v) is 8.23. The van der Waals surface area contributed by atoms with E-state index in [9.17, 15) is 4.79 Å². The van der Waals surface area contributed by atoms with Gasteiger partial charge in [-0.3, -0.25) is 4.79 Å². The Morgan fingerprint density at radius 2 is 2.00 bits per heavy atom. The van der Waals surface area contributed by atoms with Gasteiger partial charge in [0.05, 0.1) is 5.71 Å². The van der Waals surface area contributed by atoms with Gasteiger partial charge in [-0.05, 0) is 25.2 Å². The Hall–Kier alpha value is -1.06. The molecule has 114 valence electrons. The standard InChI is InChI=1S/C16H28N2O2/c1-2-14-12-18(10-9-15(14)17-20)16(19)11-13-7-5-3-4-6-8-13/h13-14,20H,2-12H2,1H3. The molecule has 2 rings (SSSR count). The van der Waals surface area contributed by atoms with Gasteiger partial charge in [0.15, 0.2) is 0 Å². The molecular formula is C16H28N2O2. The molecule has 0 aromatic carbocycles. The highest BCUT2D eigenvalue weighted by Gasteiger charge is 2.28. The third-order valence-corrected chi connectivity index (χ3v) is 4.96. The molecule has 0 bridgehead atoms. The molecular weight excluding hydrogens is 252 g/mol. The van der Waals surface area contributed by atoms with E-state index < -0.39 is 0 Å². The number of carbonyl (C=O) groups excluding carboxylic acids is 1. The van der Waals surface area contributed by atoms with Crippen LogP contribution in [0.1, 0.15) is 64.7 Å². The second kappa shape index (κ2) is 7.65. The van der Waals surface area contributed by atoms with Crippen molar-refractivity contribution in [2.45, 2.75) is 64.7 Å². The number of carbonyl (C=O) groups is 1. The largest absolute Gasteiger partial charge is 0.411 e. The van der Waals surface area contributed by atoms with Crippen molar-refractivity contribution in [1.82, 2.24) is 4.90 Å². The van der Waals surface area contributed by atoms with E-state index in [0.717, 1.165) is 38.1 Å². The van der Waals surface area contributed by atoms with Crippen LogP contribution in [0, 0.1) is 11.8 Å². The fraction of sp³-hybridized carbons (Fsp3) is 0.875. The predicted octanol–water partition coefficient (Wildman–Crippen LogP) is 3.44. The molecule has 0 radical (unpaired) electrons. The van der Waals surface area contributed by atoms with Crippen molar-refractivity contribution < 1.29 is 10.0 Å². The summed E-state index contributed by atoms with van der Waals surface area (Å²) in [5, 5.41) is 12.4. The fourth-order valence-electron chi connectivity index (χ4n) is 3.58. The molecule has 1 atom stereocenters.